The molecule has 0 saturated carbocycles. The van der Waals surface area contributed by atoms with Crippen LogP contribution in [0.5, 0.6) is 0 Å². The van der Waals surface area contributed by atoms with Gasteiger partial charge in [0, 0.05) is 26.2 Å². The van der Waals surface area contributed by atoms with E-state index in [0.717, 1.165) is 32.5 Å². The molecule has 0 bridgehead atoms. The van der Waals surface area contributed by atoms with Gasteiger partial charge in [-0.1, -0.05) is 20.8 Å². The van der Waals surface area contributed by atoms with E-state index in [0.29, 0.717) is 18.4 Å². The summed E-state index contributed by atoms with van der Waals surface area (Å²) in [4.78, 5) is 15.9. The predicted octanol–water partition coefficient (Wildman–Crippen LogP) is 2.14. The molecular weight excluding hydrogens is 407 g/mol. The van der Waals surface area contributed by atoms with E-state index < -0.39 is 0 Å². The van der Waals surface area contributed by atoms with E-state index in [-0.39, 0.29) is 42.5 Å². The lowest BCUT2D eigenvalue weighted by molar-refractivity contribution is -0.119. The Kier molecular flexibility index (Phi) is 17.5. The summed E-state index contributed by atoms with van der Waals surface area (Å²) in [7, 11) is 0. The number of hydrogen-bond donors (Lipinski definition) is 3. The number of ether oxygens (including phenoxy) is 1. The Morgan fingerprint density at radius 1 is 1.09 bits per heavy atom. The second-order valence-corrected chi connectivity index (χ2v) is 5.50. The molecule has 0 aromatic rings. The zero-order valence-corrected chi connectivity index (χ0v) is 17.6. The summed E-state index contributed by atoms with van der Waals surface area (Å²) in [5.41, 5.74) is 0. The van der Waals surface area contributed by atoms with Crippen LogP contribution >= 0.6 is 24.0 Å². The van der Waals surface area contributed by atoms with Crippen LogP contribution in [0.4, 0.5) is 0 Å². The highest BCUT2D eigenvalue weighted by atomic mass is 127. The maximum Gasteiger partial charge on any atom is 0.241 e. The van der Waals surface area contributed by atoms with Crippen molar-refractivity contribution in [3.63, 3.8) is 0 Å². The van der Waals surface area contributed by atoms with E-state index >= 15 is 0 Å². The quantitative estimate of drug-likeness (QED) is 0.261. The first-order chi connectivity index (χ1) is 10.5. The van der Waals surface area contributed by atoms with Crippen molar-refractivity contribution in [3.8, 4) is 0 Å². The van der Waals surface area contributed by atoms with E-state index in [1.54, 1.807) is 0 Å². The molecular formula is C16H35IN4O2. The molecule has 1 unspecified atom stereocenters. The standard InChI is InChI=1S/C16H34N4O2.HI/c1-6-10-18-15(21)12-20-16(17-7-2)19-11-9-14(13(4)5)22-8-3;/h13-14H,6-12H2,1-5H3,(H,18,21)(H2,17,19,20);1H. The minimum absolute atomic E-state index is 0. The number of amides is 1. The Hall–Kier alpha value is -0.570. The van der Waals surface area contributed by atoms with Crippen molar-refractivity contribution in [2.24, 2.45) is 10.9 Å². The molecule has 1 amide bonds. The molecule has 6 nitrogen and oxygen atoms in total. The van der Waals surface area contributed by atoms with Gasteiger partial charge >= 0.3 is 0 Å². The summed E-state index contributed by atoms with van der Waals surface area (Å²) in [5, 5.41) is 9.22. The molecule has 0 saturated heterocycles. The number of nitrogens with zero attached hydrogens (tertiary/aromatic N) is 1. The Bertz CT molecular complexity index is 325. The first-order valence-electron chi connectivity index (χ1n) is 8.45. The number of aliphatic imine (C=N–C) groups is 1. The third-order valence-electron chi connectivity index (χ3n) is 3.14. The highest BCUT2D eigenvalue weighted by molar-refractivity contribution is 14.0. The van der Waals surface area contributed by atoms with Gasteiger partial charge in [0.2, 0.25) is 5.91 Å². The number of guanidine groups is 1. The van der Waals surface area contributed by atoms with Crippen LogP contribution in [0.1, 0.15) is 47.5 Å². The van der Waals surface area contributed by atoms with Crippen LogP contribution in [-0.4, -0.2) is 50.8 Å². The topological polar surface area (TPSA) is 74.8 Å². The highest BCUT2D eigenvalue weighted by Crippen LogP contribution is 2.09. The lowest BCUT2D eigenvalue weighted by Gasteiger charge is -2.21. The van der Waals surface area contributed by atoms with Crippen molar-refractivity contribution in [1.82, 2.24) is 16.0 Å². The van der Waals surface area contributed by atoms with Gasteiger partial charge in [0.1, 0.15) is 6.54 Å². The molecule has 3 N–H and O–H groups in total. The lowest BCUT2D eigenvalue weighted by atomic mass is 10.0. The number of nitrogens with one attached hydrogen (secondary N) is 3. The largest absolute Gasteiger partial charge is 0.378 e. The van der Waals surface area contributed by atoms with Gasteiger partial charge in [0.05, 0.1) is 6.10 Å². The first-order valence-corrected chi connectivity index (χ1v) is 8.45. The van der Waals surface area contributed by atoms with Gasteiger partial charge in [-0.3, -0.25) is 4.79 Å². The van der Waals surface area contributed by atoms with E-state index in [9.17, 15) is 4.79 Å². The monoisotopic (exact) mass is 442 g/mol. The van der Waals surface area contributed by atoms with Gasteiger partial charge in [-0.2, -0.15) is 0 Å². The molecule has 0 heterocycles. The molecule has 0 rings (SSSR count). The van der Waals surface area contributed by atoms with Gasteiger partial charge in [-0.25, -0.2) is 4.99 Å². The van der Waals surface area contributed by atoms with Crippen molar-refractivity contribution < 1.29 is 9.53 Å². The molecule has 7 heteroatoms. The minimum atomic E-state index is -0.0478. The SMILES string of the molecule is CCCNC(=O)CN=C(NCC)NCCC(OCC)C(C)C.I. The molecule has 0 spiro atoms. The second-order valence-electron chi connectivity index (χ2n) is 5.50. The Balaban J connectivity index is 0. The maximum absolute atomic E-state index is 11.6. The molecule has 0 aliphatic heterocycles. The van der Waals surface area contributed by atoms with Crippen LogP contribution in [0, 0.1) is 5.92 Å². The summed E-state index contributed by atoms with van der Waals surface area (Å²) in [5.74, 6) is 1.11. The normalized spacial score (nSPS) is 12.5. The average Bonchev–Trinajstić information content (AvgIpc) is 2.49. The predicted molar refractivity (Wildman–Crippen MR) is 108 cm³/mol. The van der Waals surface area contributed by atoms with Gasteiger partial charge in [0.25, 0.3) is 0 Å². The molecule has 0 radical (unpaired) electrons. The number of halogens is 1. The fourth-order valence-electron chi connectivity index (χ4n) is 1.97. The van der Waals surface area contributed by atoms with Crippen molar-refractivity contribution in [3.05, 3.63) is 0 Å². The molecule has 23 heavy (non-hydrogen) atoms. The van der Waals surface area contributed by atoms with Crippen LogP contribution in [0.2, 0.25) is 0 Å². The van der Waals surface area contributed by atoms with Crippen molar-refractivity contribution in [2.75, 3.05) is 32.8 Å². The Morgan fingerprint density at radius 3 is 2.30 bits per heavy atom. The third-order valence-corrected chi connectivity index (χ3v) is 3.14. The van der Waals surface area contributed by atoms with Crippen LogP contribution in [0.15, 0.2) is 4.99 Å². The van der Waals surface area contributed by atoms with Crippen molar-refractivity contribution in [1.29, 1.82) is 0 Å². The van der Waals surface area contributed by atoms with E-state index in [1.807, 2.05) is 20.8 Å². The Labute approximate surface area is 158 Å². The molecule has 1 atom stereocenters. The number of rotatable bonds is 11. The summed E-state index contributed by atoms with van der Waals surface area (Å²) >= 11 is 0. The number of carbonyl (C=O) groups is 1. The van der Waals surface area contributed by atoms with Crippen LogP contribution in [0.3, 0.4) is 0 Å². The molecule has 138 valence electrons. The van der Waals surface area contributed by atoms with Crippen LogP contribution in [0.25, 0.3) is 0 Å². The Morgan fingerprint density at radius 2 is 1.78 bits per heavy atom. The molecule has 0 aromatic carbocycles. The number of carbonyl (C=O) groups excluding carboxylic acids is 1. The molecule has 0 aromatic heterocycles. The van der Waals surface area contributed by atoms with E-state index in [4.69, 9.17) is 4.74 Å². The van der Waals surface area contributed by atoms with Crippen LogP contribution in [-0.2, 0) is 9.53 Å². The van der Waals surface area contributed by atoms with E-state index in [1.165, 1.54) is 0 Å². The highest BCUT2D eigenvalue weighted by Gasteiger charge is 2.13. The summed E-state index contributed by atoms with van der Waals surface area (Å²) in [6, 6.07) is 0. The molecule has 0 fully saturated rings. The lowest BCUT2D eigenvalue weighted by Crippen LogP contribution is -2.40. The van der Waals surface area contributed by atoms with Gasteiger partial charge in [-0.05, 0) is 32.6 Å². The van der Waals surface area contributed by atoms with E-state index in [2.05, 4.69) is 34.8 Å². The smallest absolute Gasteiger partial charge is 0.241 e. The van der Waals surface area contributed by atoms with Crippen molar-refractivity contribution >= 4 is 35.8 Å². The minimum Gasteiger partial charge on any atom is -0.378 e. The zero-order valence-electron chi connectivity index (χ0n) is 15.3. The summed E-state index contributed by atoms with van der Waals surface area (Å²) < 4.78 is 5.72. The first kappa shape index (κ1) is 24.7. The second kappa shape index (κ2) is 16.3. The average molecular weight is 442 g/mol. The molecule has 0 aliphatic rings. The maximum atomic E-state index is 11.6. The summed E-state index contributed by atoms with van der Waals surface area (Å²) in [6.45, 7) is 13.5. The number of hydrogen-bond acceptors (Lipinski definition) is 3. The molecule has 0 aliphatic carbocycles. The fourth-order valence-corrected chi connectivity index (χ4v) is 1.97. The van der Waals surface area contributed by atoms with Gasteiger partial charge in [0.15, 0.2) is 5.96 Å². The zero-order chi connectivity index (χ0) is 16.8. The summed E-state index contributed by atoms with van der Waals surface area (Å²) in [6.07, 6.45) is 2.09. The third kappa shape index (κ3) is 13.6. The van der Waals surface area contributed by atoms with Crippen molar-refractivity contribution in [2.45, 2.75) is 53.6 Å². The van der Waals surface area contributed by atoms with Gasteiger partial charge in [-0.15, -0.1) is 24.0 Å². The fraction of sp³-hybridized carbons (Fsp3) is 0.875. The van der Waals surface area contributed by atoms with Gasteiger partial charge < -0.3 is 20.7 Å². The van der Waals surface area contributed by atoms with Crippen LogP contribution < -0.4 is 16.0 Å².